The van der Waals surface area contributed by atoms with Gasteiger partial charge in [0.05, 0.1) is 6.04 Å². The van der Waals surface area contributed by atoms with E-state index >= 15 is 0 Å². The molecule has 0 saturated heterocycles. The van der Waals surface area contributed by atoms with Gasteiger partial charge in [0, 0.05) is 11.1 Å². The average Bonchev–Trinajstić information content (AvgIpc) is 3.00. The van der Waals surface area contributed by atoms with Crippen molar-refractivity contribution in [1.29, 1.82) is 0 Å². The van der Waals surface area contributed by atoms with Crippen LogP contribution in [0.15, 0.2) is 41.9 Å². The summed E-state index contributed by atoms with van der Waals surface area (Å²) in [4.78, 5) is 28.2. The molecule has 104 valence electrons. The molecule has 0 radical (unpaired) electrons. The molecule has 0 aromatic carbocycles. The molecule has 0 aliphatic heterocycles. The lowest BCUT2D eigenvalue weighted by molar-refractivity contribution is -0.124. The van der Waals surface area contributed by atoms with E-state index in [4.69, 9.17) is 4.74 Å². The SMILES string of the molecule is C[C@@H](NC(=O)COC(=O)c1ccccn1)c1cccs1. The van der Waals surface area contributed by atoms with Crippen LogP contribution in [0.3, 0.4) is 0 Å². The molecule has 2 rings (SSSR count). The van der Waals surface area contributed by atoms with Crippen molar-refractivity contribution in [3.05, 3.63) is 52.5 Å². The maximum Gasteiger partial charge on any atom is 0.357 e. The van der Waals surface area contributed by atoms with Crippen LogP contribution < -0.4 is 5.32 Å². The van der Waals surface area contributed by atoms with Crippen LogP contribution in [0, 0.1) is 0 Å². The average molecular weight is 290 g/mol. The van der Waals surface area contributed by atoms with Crippen LogP contribution in [0.4, 0.5) is 0 Å². The first-order valence-electron chi connectivity index (χ1n) is 6.07. The normalized spacial score (nSPS) is 11.7. The Morgan fingerprint density at radius 2 is 2.20 bits per heavy atom. The molecule has 0 aliphatic rings. The standard InChI is InChI=1S/C14H14N2O3S/c1-10(12-6-4-8-20-12)16-13(17)9-19-14(18)11-5-2-3-7-15-11/h2-8,10H,9H2,1H3,(H,16,17)/t10-/m1/s1. The Hall–Kier alpha value is -2.21. The topological polar surface area (TPSA) is 68.3 Å². The summed E-state index contributed by atoms with van der Waals surface area (Å²) < 4.78 is 4.90. The van der Waals surface area contributed by atoms with Crippen molar-refractivity contribution in [2.75, 3.05) is 6.61 Å². The molecule has 0 spiro atoms. The summed E-state index contributed by atoms with van der Waals surface area (Å²) in [5.74, 6) is -0.945. The van der Waals surface area contributed by atoms with Gasteiger partial charge in [0.2, 0.25) is 0 Å². The Morgan fingerprint density at radius 1 is 1.35 bits per heavy atom. The van der Waals surface area contributed by atoms with Gasteiger partial charge in [-0.2, -0.15) is 0 Å². The number of ether oxygens (including phenoxy) is 1. The van der Waals surface area contributed by atoms with E-state index in [0.717, 1.165) is 4.88 Å². The van der Waals surface area contributed by atoms with Crippen LogP contribution in [-0.4, -0.2) is 23.5 Å². The van der Waals surface area contributed by atoms with E-state index in [2.05, 4.69) is 10.3 Å². The Labute approximate surface area is 120 Å². The minimum absolute atomic E-state index is 0.101. The lowest BCUT2D eigenvalue weighted by Gasteiger charge is -2.12. The molecule has 1 amide bonds. The summed E-state index contributed by atoms with van der Waals surface area (Å²) in [5.41, 5.74) is 0.187. The Kier molecular flexibility index (Phi) is 4.84. The predicted octanol–water partition coefficient (Wildman–Crippen LogP) is 2.18. The lowest BCUT2D eigenvalue weighted by atomic mass is 10.3. The summed E-state index contributed by atoms with van der Waals surface area (Å²) in [6.45, 7) is 1.56. The Bertz CT molecular complexity index is 569. The number of thiophene rings is 1. The summed E-state index contributed by atoms with van der Waals surface area (Å²) in [7, 11) is 0. The summed E-state index contributed by atoms with van der Waals surface area (Å²) in [6.07, 6.45) is 1.50. The molecule has 0 unspecified atom stereocenters. The van der Waals surface area contributed by atoms with Crippen LogP contribution in [0.2, 0.25) is 0 Å². The van der Waals surface area contributed by atoms with Crippen LogP contribution >= 0.6 is 11.3 Å². The number of aromatic nitrogens is 1. The molecule has 1 N–H and O–H groups in total. The van der Waals surface area contributed by atoms with Gasteiger partial charge < -0.3 is 10.1 Å². The molecule has 5 nitrogen and oxygen atoms in total. The third-order valence-electron chi connectivity index (χ3n) is 2.56. The highest BCUT2D eigenvalue weighted by atomic mass is 32.1. The van der Waals surface area contributed by atoms with Gasteiger partial charge in [0.1, 0.15) is 5.69 Å². The van der Waals surface area contributed by atoms with Crippen molar-refractivity contribution < 1.29 is 14.3 Å². The highest BCUT2D eigenvalue weighted by Gasteiger charge is 2.13. The van der Waals surface area contributed by atoms with E-state index in [-0.39, 0.29) is 24.2 Å². The third-order valence-corrected chi connectivity index (χ3v) is 3.61. The molecular weight excluding hydrogens is 276 g/mol. The second-order valence-corrected chi connectivity index (χ2v) is 5.08. The Balaban J connectivity index is 1.79. The van der Waals surface area contributed by atoms with Gasteiger partial charge >= 0.3 is 5.97 Å². The van der Waals surface area contributed by atoms with Crippen molar-refractivity contribution in [1.82, 2.24) is 10.3 Å². The quantitative estimate of drug-likeness (QED) is 0.857. The van der Waals surface area contributed by atoms with Gasteiger partial charge in [-0.25, -0.2) is 9.78 Å². The van der Waals surface area contributed by atoms with Crippen molar-refractivity contribution in [2.24, 2.45) is 0 Å². The van der Waals surface area contributed by atoms with Crippen LogP contribution in [-0.2, 0) is 9.53 Å². The van der Waals surface area contributed by atoms with E-state index in [1.54, 1.807) is 23.5 Å². The molecule has 2 aromatic heterocycles. The number of pyridine rings is 1. The molecule has 1 atom stereocenters. The lowest BCUT2D eigenvalue weighted by Crippen LogP contribution is -2.30. The van der Waals surface area contributed by atoms with Crippen molar-refractivity contribution in [3.8, 4) is 0 Å². The van der Waals surface area contributed by atoms with Crippen molar-refractivity contribution in [3.63, 3.8) is 0 Å². The number of amides is 1. The first-order valence-corrected chi connectivity index (χ1v) is 6.95. The molecule has 0 fully saturated rings. The second-order valence-electron chi connectivity index (χ2n) is 4.10. The maximum atomic E-state index is 11.7. The third kappa shape index (κ3) is 3.89. The number of nitrogens with one attached hydrogen (secondary N) is 1. The first-order chi connectivity index (χ1) is 9.66. The van der Waals surface area contributed by atoms with E-state index in [9.17, 15) is 9.59 Å². The summed E-state index contributed by atoms with van der Waals surface area (Å²) in [5, 5.41) is 4.71. The van der Waals surface area contributed by atoms with Crippen molar-refractivity contribution >= 4 is 23.2 Å². The van der Waals surface area contributed by atoms with E-state index in [1.807, 2.05) is 24.4 Å². The zero-order chi connectivity index (χ0) is 14.4. The molecule has 2 heterocycles. The summed E-state index contributed by atoms with van der Waals surface area (Å²) >= 11 is 1.56. The highest BCUT2D eigenvalue weighted by Crippen LogP contribution is 2.17. The maximum absolute atomic E-state index is 11.7. The fourth-order valence-electron chi connectivity index (χ4n) is 1.58. The Morgan fingerprint density at radius 3 is 2.85 bits per heavy atom. The number of rotatable bonds is 5. The molecule has 0 aliphatic carbocycles. The number of hydrogen-bond acceptors (Lipinski definition) is 5. The first kappa shape index (κ1) is 14.2. The van der Waals surface area contributed by atoms with Gasteiger partial charge in [-0.1, -0.05) is 12.1 Å². The van der Waals surface area contributed by atoms with Gasteiger partial charge in [-0.05, 0) is 30.5 Å². The molecule has 6 heteroatoms. The number of hydrogen-bond donors (Lipinski definition) is 1. The number of carbonyl (C=O) groups is 2. The fourth-order valence-corrected chi connectivity index (χ4v) is 2.31. The van der Waals surface area contributed by atoms with Gasteiger partial charge in [-0.15, -0.1) is 11.3 Å². The second kappa shape index (κ2) is 6.81. The van der Waals surface area contributed by atoms with Gasteiger partial charge in [0.25, 0.3) is 5.91 Å². The monoisotopic (exact) mass is 290 g/mol. The zero-order valence-electron chi connectivity index (χ0n) is 10.9. The molecule has 20 heavy (non-hydrogen) atoms. The molecular formula is C14H14N2O3S. The van der Waals surface area contributed by atoms with Gasteiger partial charge in [0.15, 0.2) is 6.61 Å². The highest BCUT2D eigenvalue weighted by molar-refractivity contribution is 7.10. The van der Waals surface area contributed by atoms with Crippen LogP contribution in [0.5, 0.6) is 0 Å². The summed E-state index contributed by atoms with van der Waals surface area (Å²) in [6, 6.07) is 8.68. The zero-order valence-corrected chi connectivity index (χ0v) is 11.7. The molecule has 0 saturated carbocycles. The van der Waals surface area contributed by atoms with Gasteiger partial charge in [-0.3, -0.25) is 4.79 Å². The van der Waals surface area contributed by atoms with E-state index < -0.39 is 5.97 Å². The molecule has 0 bridgehead atoms. The van der Waals surface area contributed by atoms with Crippen LogP contribution in [0.1, 0.15) is 28.3 Å². The van der Waals surface area contributed by atoms with Crippen molar-refractivity contribution in [2.45, 2.75) is 13.0 Å². The molecule has 2 aromatic rings. The van der Waals surface area contributed by atoms with Crippen LogP contribution in [0.25, 0.3) is 0 Å². The minimum Gasteiger partial charge on any atom is -0.451 e. The largest absolute Gasteiger partial charge is 0.451 e. The smallest absolute Gasteiger partial charge is 0.357 e. The number of nitrogens with zero attached hydrogens (tertiary/aromatic N) is 1. The fraction of sp³-hybridized carbons (Fsp3) is 0.214. The van der Waals surface area contributed by atoms with E-state index in [0.29, 0.717) is 0 Å². The predicted molar refractivity (Wildman–Crippen MR) is 75.4 cm³/mol. The number of esters is 1. The number of carbonyl (C=O) groups excluding carboxylic acids is 2. The minimum atomic E-state index is -0.607. The van der Waals surface area contributed by atoms with E-state index in [1.165, 1.54) is 12.3 Å².